The first-order chi connectivity index (χ1) is 14.9. The fourth-order valence-electron chi connectivity index (χ4n) is 4.19. The van der Waals surface area contributed by atoms with Gasteiger partial charge in [-0.05, 0) is 47.5 Å². The highest BCUT2D eigenvalue weighted by molar-refractivity contribution is 5.69. The Labute approximate surface area is 177 Å². The second kappa shape index (κ2) is 9.12. The van der Waals surface area contributed by atoms with E-state index in [1.807, 2.05) is 0 Å². The van der Waals surface area contributed by atoms with Crippen LogP contribution < -0.4 is 19.3 Å². The zero-order valence-corrected chi connectivity index (χ0v) is 17.2. The molecule has 0 saturated heterocycles. The molecule has 0 N–H and O–H groups in total. The minimum Gasteiger partial charge on any atom is -0.491 e. The van der Waals surface area contributed by atoms with Crippen molar-refractivity contribution < 1.29 is 23.7 Å². The van der Waals surface area contributed by atoms with Crippen LogP contribution in [0.2, 0.25) is 0 Å². The number of hydrogen-bond acceptors (Lipinski definition) is 7. The van der Waals surface area contributed by atoms with Crippen molar-refractivity contribution in [1.82, 2.24) is 0 Å². The number of rotatable bonds is 0. The summed E-state index contributed by atoms with van der Waals surface area (Å²) in [6.07, 6.45) is 0. The maximum atomic E-state index is 5.91. The zero-order valence-electron chi connectivity index (χ0n) is 17.2. The van der Waals surface area contributed by atoms with Gasteiger partial charge in [-0.25, -0.2) is 0 Å². The SMILES string of the molecule is c1cc2c3cc1OCCOCCOCCOCCOc1ccc4c(c1)CN2CN4C3. The first-order valence-electron chi connectivity index (χ1n) is 10.6. The lowest BCUT2D eigenvalue weighted by Crippen LogP contribution is -2.46. The summed E-state index contributed by atoms with van der Waals surface area (Å²) in [4.78, 5) is 4.82. The molecule has 7 heteroatoms. The van der Waals surface area contributed by atoms with Crippen molar-refractivity contribution in [3.63, 3.8) is 0 Å². The molecule has 0 atom stereocenters. The van der Waals surface area contributed by atoms with Crippen LogP contribution in [0.3, 0.4) is 0 Å². The summed E-state index contributed by atoms with van der Waals surface area (Å²) >= 11 is 0. The maximum Gasteiger partial charge on any atom is 0.119 e. The number of ether oxygens (including phenoxy) is 5. The number of benzene rings is 2. The van der Waals surface area contributed by atoms with E-state index in [-0.39, 0.29) is 0 Å². The van der Waals surface area contributed by atoms with Crippen LogP contribution in [-0.2, 0) is 27.3 Å². The van der Waals surface area contributed by atoms with Crippen molar-refractivity contribution >= 4 is 11.4 Å². The van der Waals surface area contributed by atoms with Gasteiger partial charge in [0.1, 0.15) is 24.7 Å². The number of anilines is 2. The molecule has 6 heterocycles. The molecule has 0 saturated carbocycles. The standard InChI is InChI=1S/C23H28N2O5/c1-3-22-18-13-20(1)29-11-9-27-7-5-26-6-8-28-10-12-30-21-2-4-23-19(14-21)16-24(22)17-25(23)15-18/h1-4,13-14H,5-12,15-17H2. The lowest BCUT2D eigenvalue weighted by molar-refractivity contribution is 0.00498. The van der Waals surface area contributed by atoms with E-state index >= 15 is 0 Å². The van der Waals surface area contributed by atoms with Gasteiger partial charge in [-0.2, -0.15) is 0 Å². The fraction of sp³-hybridized carbons (Fsp3) is 0.478. The normalized spacial score (nSPS) is 19.9. The van der Waals surface area contributed by atoms with Crippen molar-refractivity contribution in [2.75, 3.05) is 69.3 Å². The van der Waals surface area contributed by atoms with Crippen molar-refractivity contribution in [2.24, 2.45) is 0 Å². The van der Waals surface area contributed by atoms with Crippen LogP contribution >= 0.6 is 0 Å². The first-order valence-corrected chi connectivity index (χ1v) is 10.6. The highest BCUT2D eigenvalue weighted by Gasteiger charge is 2.29. The van der Waals surface area contributed by atoms with E-state index in [2.05, 4.69) is 46.2 Å². The molecule has 6 aliphatic heterocycles. The summed E-state index contributed by atoms with van der Waals surface area (Å²) in [5.41, 5.74) is 5.13. The first kappa shape index (κ1) is 19.5. The van der Waals surface area contributed by atoms with Crippen LogP contribution in [0, 0.1) is 0 Å². The van der Waals surface area contributed by atoms with Crippen molar-refractivity contribution in [3.05, 3.63) is 47.5 Å². The predicted octanol–water partition coefficient (Wildman–Crippen LogP) is 2.81. The van der Waals surface area contributed by atoms with E-state index in [4.69, 9.17) is 23.7 Å². The largest absolute Gasteiger partial charge is 0.491 e. The van der Waals surface area contributed by atoms with Crippen molar-refractivity contribution in [2.45, 2.75) is 13.1 Å². The zero-order chi connectivity index (χ0) is 20.2. The van der Waals surface area contributed by atoms with E-state index in [0.717, 1.165) is 31.3 Å². The van der Waals surface area contributed by atoms with Crippen LogP contribution in [0.15, 0.2) is 36.4 Å². The van der Waals surface area contributed by atoms with E-state index in [0.29, 0.717) is 52.9 Å². The Morgan fingerprint density at radius 1 is 0.533 bits per heavy atom. The van der Waals surface area contributed by atoms with Gasteiger partial charge in [0.25, 0.3) is 0 Å². The van der Waals surface area contributed by atoms with Gasteiger partial charge in [0.05, 0.1) is 46.3 Å². The molecule has 0 amide bonds. The van der Waals surface area contributed by atoms with Gasteiger partial charge in [-0.3, -0.25) is 0 Å². The maximum absolute atomic E-state index is 5.91. The van der Waals surface area contributed by atoms with E-state index in [9.17, 15) is 0 Å². The Morgan fingerprint density at radius 2 is 0.967 bits per heavy atom. The Bertz CT molecular complexity index is 805. The van der Waals surface area contributed by atoms with Crippen LogP contribution in [0.1, 0.15) is 11.1 Å². The van der Waals surface area contributed by atoms with Gasteiger partial charge in [0.2, 0.25) is 0 Å². The third-order valence-corrected chi connectivity index (χ3v) is 5.58. The molecule has 8 rings (SSSR count). The smallest absolute Gasteiger partial charge is 0.119 e. The summed E-state index contributed by atoms with van der Waals surface area (Å²) in [5, 5.41) is 0. The van der Waals surface area contributed by atoms with Gasteiger partial charge < -0.3 is 33.5 Å². The van der Waals surface area contributed by atoms with Gasteiger partial charge in [-0.15, -0.1) is 0 Å². The minimum absolute atomic E-state index is 0.529. The minimum atomic E-state index is 0.529. The molecule has 0 radical (unpaired) electrons. The second-order valence-corrected chi connectivity index (χ2v) is 7.65. The van der Waals surface area contributed by atoms with Crippen LogP contribution in [-0.4, -0.2) is 59.5 Å². The van der Waals surface area contributed by atoms with Gasteiger partial charge in [-0.1, -0.05) is 0 Å². The fourth-order valence-corrected chi connectivity index (χ4v) is 4.19. The lowest BCUT2D eigenvalue weighted by atomic mass is 10.0. The molecule has 30 heavy (non-hydrogen) atoms. The molecule has 7 nitrogen and oxygen atoms in total. The summed E-state index contributed by atoms with van der Waals surface area (Å²) < 4.78 is 28.5. The molecule has 0 aromatic heterocycles. The quantitative estimate of drug-likeness (QED) is 0.660. The van der Waals surface area contributed by atoms with Gasteiger partial charge >= 0.3 is 0 Å². The molecule has 0 aliphatic carbocycles. The molecule has 160 valence electrons. The van der Waals surface area contributed by atoms with Crippen LogP contribution in [0.25, 0.3) is 0 Å². The van der Waals surface area contributed by atoms with Crippen LogP contribution in [0.4, 0.5) is 11.4 Å². The van der Waals surface area contributed by atoms with Crippen molar-refractivity contribution in [1.29, 1.82) is 0 Å². The van der Waals surface area contributed by atoms with Gasteiger partial charge in [0, 0.05) is 24.5 Å². The predicted molar refractivity (Wildman–Crippen MR) is 114 cm³/mol. The molecular formula is C23H28N2O5. The third kappa shape index (κ3) is 4.33. The average Bonchev–Trinajstić information content (AvgIpc) is 2.76. The Morgan fingerprint density at radius 3 is 1.43 bits per heavy atom. The topological polar surface area (TPSA) is 52.6 Å². The number of nitrogens with zero attached hydrogens (tertiary/aromatic N) is 2. The molecule has 0 fully saturated rings. The molecule has 8 bridgehead atoms. The Hall–Kier alpha value is -2.48. The average molecular weight is 412 g/mol. The van der Waals surface area contributed by atoms with Gasteiger partial charge in [0.15, 0.2) is 0 Å². The monoisotopic (exact) mass is 412 g/mol. The highest BCUT2D eigenvalue weighted by atomic mass is 16.6. The number of fused-ring (bicyclic) bond motifs is 2. The molecule has 2 aromatic carbocycles. The third-order valence-electron chi connectivity index (χ3n) is 5.58. The molecule has 0 unspecified atom stereocenters. The van der Waals surface area contributed by atoms with E-state index in [1.165, 1.54) is 22.5 Å². The Balaban J connectivity index is 1.35. The highest BCUT2D eigenvalue weighted by Crippen LogP contribution is 2.40. The summed E-state index contributed by atoms with van der Waals surface area (Å²) in [6, 6.07) is 12.8. The van der Waals surface area contributed by atoms with E-state index in [1.54, 1.807) is 0 Å². The van der Waals surface area contributed by atoms with E-state index < -0.39 is 0 Å². The van der Waals surface area contributed by atoms with Crippen LogP contribution in [0.5, 0.6) is 11.5 Å². The summed E-state index contributed by atoms with van der Waals surface area (Å²) in [7, 11) is 0. The molecular weight excluding hydrogens is 384 g/mol. The second-order valence-electron chi connectivity index (χ2n) is 7.65. The number of hydrogen-bond donors (Lipinski definition) is 0. The summed E-state index contributed by atoms with van der Waals surface area (Å²) in [6.45, 7) is 7.02. The molecule has 6 aliphatic rings. The summed E-state index contributed by atoms with van der Waals surface area (Å²) in [5.74, 6) is 1.78. The lowest BCUT2D eigenvalue weighted by Gasteiger charge is -2.44. The van der Waals surface area contributed by atoms with Crippen molar-refractivity contribution in [3.8, 4) is 11.5 Å². The Kier molecular flexibility index (Phi) is 5.92. The molecule has 0 spiro atoms. The molecule has 2 aromatic rings.